The molecule has 0 aliphatic carbocycles. The predicted molar refractivity (Wildman–Crippen MR) is 90.0 cm³/mol. The summed E-state index contributed by atoms with van der Waals surface area (Å²) in [4.78, 5) is 23.8. The van der Waals surface area contributed by atoms with Gasteiger partial charge in [-0.1, -0.05) is 17.3 Å². The van der Waals surface area contributed by atoms with Gasteiger partial charge in [0.05, 0.1) is 11.0 Å². The van der Waals surface area contributed by atoms with Gasteiger partial charge in [0.2, 0.25) is 11.8 Å². The van der Waals surface area contributed by atoms with E-state index < -0.39 is 5.25 Å². The lowest BCUT2D eigenvalue weighted by molar-refractivity contribution is -0.118. The number of hydrogen-bond donors (Lipinski definition) is 2. The predicted octanol–water partition coefficient (Wildman–Crippen LogP) is 2.50. The number of benzene rings is 1. The van der Waals surface area contributed by atoms with Gasteiger partial charge in [-0.05, 0) is 31.5 Å². The lowest BCUT2D eigenvalue weighted by Gasteiger charge is -2.10. The zero-order valence-corrected chi connectivity index (χ0v) is 14.2. The van der Waals surface area contributed by atoms with Crippen LogP contribution in [-0.4, -0.2) is 28.0 Å². The number of aryl methyl sites for hydroxylation is 1. The van der Waals surface area contributed by atoms with Crippen LogP contribution in [0.3, 0.4) is 0 Å². The number of halogens is 1. The molecule has 0 radical (unpaired) electrons. The van der Waals surface area contributed by atoms with Crippen LogP contribution < -0.4 is 10.6 Å². The first-order valence-electron chi connectivity index (χ1n) is 7.31. The summed E-state index contributed by atoms with van der Waals surface area (Å²) in [5.41, 5.74) is 0.807. The third kappa shape index (κ3) is 5.69. The Morgan fingerprint density at radius 3 is 2.67 bits per heavy atom. The molecule has 0 saturated carbocycles. The largest absolute Gasteiger partial charge is 0.360 e. The topological polar surface area (TPSA) is 84.2 Å². The fourth-order valence-corrected chi connectivity index (χ4v) is 2.50. The van der Waals surface area contributed by atoms with E-state index in [9.17, 15) is 14.0 Å². The van der Waals surface area contributed by atoms with E-state index >= 15 is 0 Å². The molecule has 0 unspecified atom stereocenters. The third-order valence-corrected chi connectivity index (χ3v) is 4.26. The molecule has 128 valence electrons. The van der Waals surface area contributed by atoms with E-state index in [4.69, 9.17) is 4.52 Å². The van der Waals surface area contributed by atoms with Gasteiger partial charge in [-0.2, -0.15) is 0 Å². The van der Waals surface area contributed by atoms with Gasteiger partial charge in [0.25, 0.3) is 0 Å². The number of thioether (sulfide) groups is 1. The van der Waals surface area contributed by atoms with E-state index in [1.807, 2.05) is 0 Å². The summed E-state index contributed by atoms with van der Waals surface area (Å²) in [7, 11) is 0. The molecular weight excluding hydrogens is 333 g/mol. The van der Waals surface area contributed by atoms with Crippen LogP contribution in [0.1, 0.15) is 18.2 Å². The van der Waals surface area contributed by atoms with Crippen LogP contribution in [-0.2, 0) is 16.1 Å². The van der Waals surface area contributed by atoms with E-state index in [1.165, 1.54) is 23.9 Å². The molecule has 6 nitrogen and oxygen atoms in total. The summed E-state index contributed by atoms with van der Waals surface area (Å²) < 4.78 is 17.7. The Hall–Kier alpha value is -2.35. The van der Waals surface area contributed by atoms with Gasteiger partial charge in [0.15, 0.2) is 5.82 Å². The molecule has 0 aliphatic rings. The summed E-state index contributed by atoms with van der Waals surface area (Å²) in [6, 6.07) is 7.52. The fraction of sp³-hybridized carbons (Fsp3) is 0.312. The number of aromatic nitrogens is 1. The van der Waals surface area contributed by atoms with Crippen LogP contribution in [0.2, 0.25) is 0 Å². The molecule has 0 aliphatic heterocycles. The van der Waals surface area contributed by atoms with Crippen LogP contribution in [0.25, 0.3) is 0 Å². The first-order valence-corrected chi connectivity index (χ1v) is 8.36. The fourth-order valence-electron chi connectivity index (χ4n) is 1.78. The molecule has 24 heavy (non-hydrogen) atoms. The Bertz CT molecular complexity index is 703. The zero-order chi connectivity index (χ0) is 17.5. The highest BCUT2D eigenvalue weighted by molar-refractivity contribution is 8.01. The highest BCUT2D eigenvalue weighted by Gasteiger charge is 2.16. The Balaban J connectivity index is 1.70. The van der Waals surface area contributed by atoms with Crippen molar-refractivity contribution in [1.29, 1.82) is 0 Å². The second kappa shape index (κ2) is 8.49. The standard InChI is InChI=1S/C16H18FN3O3S/c1-10-7-14(20-23-10)19-16(22)11(2)24-9-15(21)18-8-12-3-5-13(17)6-4-12/h3-7,11H,8-9H2,1-2H3,(H,18,21)(H,19,20,22)/t11-/m0/s1. The average Bonchev–Trinajstić information content (AvgIpc) is 2.96. The molecule has 1 aromatic heterocycles. The molecule has 1 aromatic carbocycles. The van der Waals surface area contributed by atoms with Gasteiger partial charge in [0, 0.05) is 12.6 Å². The van der Waals surface area contributed by atoms with E-state index in [-0.39, 0.29) is 23.4 Å². The van der Waals surface area contributed by atoms with Crippen molar-refractivity contribution in [3.8, 4) is 0 Å². The van der Waals surface area contributed by atoms with Crippen molar-refractivity contribution in [3.05, 3.63) is 47.5 Å². The lowest BCUT2D eigenvalue weighted by atomic mass is 10.2. The van der Waals surface area contributed by atoms with Crippen molar-refractivity contribution in [3.63, 3.8) is 0 Å². The number of hydrogen-bond acceptors (Lipinski definition) is 5. The second-order valence-electron chi connectivity index (χ2n) is 5.17. The summed E-state index contributed by atoms with van der Waals surface area (Å²) in [6.45, 7) is 3.75. The number of carbonyl (C=O) groups is 2. The molecule has 2 N–H and O–H groups in total. The Kier molecular flexibility index (Phi) is 6.36. The maximum absolute atomic E-state index is 12.8. The van der Waals surface area contributed by atoms with Crippen molar-refractivity contribution >= 4 is 29.4 Å². The highest BCUT2D eigenvalue weighted by atomic mass is 32.2. The van der Waals surface area contributed by atoms with Crippen molar-refractivity contribution in [1.82, 2.24) is 10.5 Å². The Morgan fingerprint density at radius 2 is 2.04 bits per heavy atom. The third-order valence-electron chi connectivity index (χ3n) is 3.12. The number of carbonyl (C=O) groups excluding carboxylic acids is 2. The van der Waals surface area contributed by atoms with Gasteiger partial charge in [-0.3, -0.25) is 9.59 Å². The molecular formula is C16H18FN3O3S. The molecule has 2 aromatic rings. The molecule has 1 atom stereocenters. The molecule has 0 fully saturated rings. The number of nitrogens with zero attached hydrogens (tertiary/aromatic N) is 1. The summed E-state index contributed by atoms with van der Waals surface area (Å²) in [5, 5.41) is 8.60. The first-order chi connectivity index (χ1) is 11.4. The Labute approximate surface area is 143 Å². The molecule has 0 saturated heterocycles. The average molecular weight is 351 g/mol. The van der Waals surface area contributed by atoms with Crippen molar-refractivity contribution in [2.24, 2.45) is 0 Å². The molecule has 8 heteroatoms. The summed E-state index contributed by atoms with van der Waals surface area (Å²) >= 11 is 1.21. The van der Waals surface area contributed by atoms with Crippen molar-refractivity contribution in [2.75, 3.05) is 11.1 Å². The van der Waals surface area contributed by atoms with E-state index in [0.717, 1.165) is 5.56 Å². The lowest BCUT2D eigenvalue weighted by Crippen LogP contribution is -2.28. The highest BCUT2D eigenvalue weighted by Crippen LogP contribution is 2.14. The second-order valence-corrected chi connectivity index (χ2v) is 6.50. The maximum atomic E-state index is 12.8. The minimum Gasteiger partial charge on any atom is -0.360 e. The monoisotopic (exact) mass is 351 g/mol. The van der Waals surface area contributed by atoms with Gasteiger partial charge >= 0.3 is 0 Å². The quantitative estimate of drug-likeness (QED) is 0.801. The molecule has 2 rings (SSSR count). The SMILES string of the molecule is Cc1cc(NC(=O)[C@H](C)SCC(=O)NCc2ccc(F)cc2)no1. The number of anilines is 1. The summed E-state index contributed by atoms with van der Waals surface area (Å²) in [6.07, 6.45) is 0. The number of nitrogens with one attached hydrogen (secondary N) is 2. The van der Waals surface area contributed by atoms with Crippen LogP contribution in [0.5, 0.6) is 0 Å². The van der Waals surface area contributed by atoms with Crippen molar-refractivity contribution < 1.29 is 18.5 Å². The van der Waals surface area contributed by atoms with Crippen LogP contribution in [0.4, 0.5) is 10.2 Å². The van der Waals surface area contributed by atoms with Crippen LogP contribution in [0.15, 0.2) is 34.9 Å². The van der Waals surface area contributed by atoms with Crippen LogP contribution in [0, 0.1) is 12.7 Å². The first kappa shape index (κ1) is 18.0. The Morgan fingerprint density at radius 1 is 1.33 bits per heavy atom. The van der Waals surface area contributed by atoms with E-state index in [0.29, 0.717) is 18.1 Å². The summed E-state index contributed by atoms with van der Waals surface area (Å²) in [5.74, 6) is 0.341. The minimum atomic E-state index is -0.418. The zero-order valence-electron chi connectivity index (χ0n) is 13.3. The number of amides is 2. The van der Waals surface area contributed by atoms with Gasteiger partial charge < -0.3 is 15.2 Å². The minimum absolute atomic E-state index is 0.146. The maximum Gasteiger partial charge on any atom is 0.238 e. The molecule has 2 amide bonds. The number of rotatable bonds is 7. The van der Waals surface area contributed by atoms with Crippen molar-refractivity contribution in [2.45, 2.75) is 25.6 Å². The van der Waals surface area contributed by atoms with E-state index in [2.05, 4.69) is 15.8 Å². The van der Waals surface area contributed by atoms with E-state index in [1.54, 1.807) is 32.0 Å². The van der Waals surface area contributed by atoms with Gasteiger partial charge in [-0.25, -0.2) is 4.39 Å². The van der Waals surface area contributed by atoms with Gasteiger partial charge in [-0.15, -0.1) is 11.8 Å². The smallest absolute Gasteiger partial charge is 0.238 e. The molecule has 1 heterocycles. The normalized spacial score (nSPS) is 11.8. The molecule has 0 spiro atoms. The van der Waals surface area contributed by atoms with Crippen LogP contribution >= 0.6 is 11.8 Å². The van der Waals surface area contributed by atoms with Gasteiger partial charge in [0.1, 0.15) is 11.6 Å². The molecule has 0 bridgehead atoms.